The van der Waals surface area contributed by atoms with Gasteiger partial charge in [-0.25, -0.2) is 15.0 Å². The zero-order chi connectivity index (χ0) is 17.6. The van der Waals surface area contributed by atoms with E-state index in [1.165, 1.54) is 5.56 Å². The third-order valence-electron chi connectivity index (χ3n) is 4.83. The van der Waals surface area contributed by atoms with Gasteiger partial charge in [0, 0.05) is 42.4 Å². The van der Waals surface area contributed by atoms with E-state index in [4.69, 9.17) is 4.98 Å². The summed E-state index contributed by atoms with van der Waals surface area (Å²) in [7, 11) is 2.09. The zero-order valence-corrected chi connectivity index (χ0v) is 16.0. The predicted octanol–water partition coefficient (Wildman–Crippen LogP) is 3.12. The van der Waals surface area contributed by atoms with Gasteiger partial charge in [0.25, 0.3) is 0 Å². The fourth-order valence-electron chi connectivity index (χ4n) is 3.14. The molecule has 7 heteroatoms. The number of anilines is 2. The topological polar surface area (TPSA) is 58.0 Å². The van der Waals surface area contributed by atoms with Crippen LogP contribution in [0.1, 0.15) is 11.3 Å². The smallest absolute Gasteiger partial charge is 0.162 e. The average Bonchev–Trinajstić information content (AvgIpc) is 2.59. The predicted molar refractivity (Wildman–Crippen MR) is 103 cm³/mol. The number of aryl methyl sites for hydroxylation is 2. The number of hydrogen-bond donors (Lipinski definition) is 0. The second-order valence-corrected chi connectivity index (χ2v) is 7.20. The standard InChI is InChI=1S/C18H19BrN6/c1-11-14-4-5-15(23-18(14)22-12(2)17(11)19)24(3)13-9-25(10-13)16-8-20-6-7-21-16/h4-8,13H,9-10H2,1-3H3. The van der Waals surface area contributed by atoms with Gasteiger partial charge >= 0.3 is 0 Å². The molecule has 1 fully saturated rings. The molecule has 0 aliphatic carbocycles. The van der Waals surface area contributed by atoms with Crippen molar-refractivity contribution in [2.75, 3.05) is 29.9 Å². The SMILES string of the molecule is Cc1nc2nc(N(C)C3CN(c4cnccn4)C3)ccc2c(C)c1Br. The summed E-state index contributed by atoms with van der Waals surface area (Å²) in [5, 5.41) is 1.09. The van der Waals surface area contributed by atoms with Gasteiger partial charge in [0.2, 0.25) is 0 Å². The minimum absolute atomic E-state index is 0.407. The van der Waals surface area contributed by atoms with Crippen LogP contribution in [0.4, 0.5) is 11.6 Å². The van der Waals surface area contributed by atoms with E-state index < -0.39 is 0 Å². The van der Waals surface area contributed by atoms with Crippen molar-refractivity contribution in [2.45, 2.75) is 19.9 Å². The van der Waals surface area contributed by atoms with Crippen LogP contribution in [0.2, 0.25) is 0 Å². The maximum atomic E-state index is 4.79. The molecule has 3 aromatic rings. The molecule has 0 bridgehead atoms. The fourth-order valence-corrected chi connectivity index (χ4v) is 3.44. The second-order valence-electron chi connectivity index (χ2n) is 6.41. The first-order valence-corrected chi connectivity index (χ1v) is 9.01. The molecular weight excluding hydrogens is 380 g/mol. The molecule has 0 saturated carbocycles. The zero-order valence-electron chi connectivity index (χ0n) is 14.4. The molecule has 25 heavy (non-hydrogen) atoms. The Hall–Kier alpha value is -2.28. The third-order valence-corrected chi connectivity index (χ3v) is 6.00. The Morgan fingerprint density at radius 2 is 1.96 bits per heavy atom. The van der Waals surface area contributed by atoms with Crippen molar-refractivity contribution in [1.82, 2.24) is 19.9 Å². The number of hydrogen-bond acceptors (Lipinski definition) is 6. The Bertz CT molecular complexity index is 924. The highest BCUT2D eigenvalue weighted by atomic mass is 79.9. The molecule has 1 aliphatic rings. The summed E-state index contributed by atoms with van der Waals surface area (Å²) in [4.78, 5) is 22.3. The number of fused-ring (bicyclic) bond motifs is 1. The summed E-state index contributed by atoms with van der Waals surface area (Å²) in [6.45, 7) is 5.93. The maximum Gasteiger partial charge on any atom is 0.162 e. The average molecular weight is 399 g/mol. The van der Waals surface area contributed by atoms with Crippen LogP contribution >= 0.6 is 15.9 Å². The first kappa shape index (κ1) is 16.2. The van der Waals surface area contributed by atoms with Crippen LogP contribution in [0, 0.1) is 13.8 Å². The molecule has 128 valence electrons. The monoisotopic (exact) mass is 398 g/mol. The molecule has 0 amide bonds. The van der Waals surface area contributed by atoms with Crippen molar-refractivity contribution in [3.8, 4) is 0 Å². The molecule has 0 unspecified atom stereocenters. The van der Waals surface area contributed by atoms with E-state index in [1.807, 2.05) is 6.92 Å². The van der Waals surface area contributed by atoms with E-state index in [1.54, 1.807) is 18.6 Å². The third kappa shape index (κ3) is 2.82. The number of halogens is 1. The summed E-state index contributed by atoms with van der Waals surface area (Å²) in [5.41, 5.74) is 2.95. The van der Waals surface area contributed by atoms with Gasteiger partial charge in [-0.1, -0.05) is 0 Å². The number of likely N-dealkylation sites (N-methyl/N-ethyl adjacent to an activating group) is 1. The molecule has 0 radical (unpaired) electrons. The van der Waals surface area contributed by atoms with Crippen molar-refractivity contribution >= 4 is 38.6 Å². The van der Waals surface area contributed by atoms with Gasteiger partial charge in [-0.15, -0.1) is 0 Å². The fraction of sp³-hybridized carbons (Fsp3) is 0.333. The maximum absolute atomic E-state index is 4.79. The summed E-state index contributed by atoms with van der Waals surface area (Å²) in [6.07, 6.45) is 5.23. The summed E-state index contributed by atoms with van der Waals surface area (Å²) in [6, 6.07) is 4.59. The Kier molecular flexibility index (Phi) is 4.03. The molecule has 1 saturated heterocycles. The van der Waals surface area contributed by atoms with E-state index in [-0.39, 0.29) is 0 Å². The number of rotatable bonds is 3. The highest BCUT2D eigenvalue weighted by molar-refractivity contribution is 9.10. The van der Waals surface area contributed by atoms with Gasteiger partial charge in [-0.2, -0.15) is 0 Å². The van der Waals surface area contributed by atoms with Gasteiger partial charge in [-0.3, -0.25) is 4.98 Å². The van der Waals surface area contributed by atoms with E-state index in [9.17, 15) is 0 Å². The van der Waals surface area contributed by atoms with Crippen LogP contribution in [0.15, 0.2) is 35.2 Å². The lowest BCUT2D eigenvalue weighted by Crippen LogP contribution is -2.59. The van der Waals surface area contributed by atoms with Gasteiger partial charge in [-0.05, 0) is 47.5 Å². The van der Waals surface area contributed by atoms with Crippen LogP contribution in [0.3, 0.4) is 0 Å². The van der Waals surface area contributed by atoms with Gasteiger partial charge in [0.05, 0.1) is 17.9 Å². The quantitative estimate of drug-likeness (QED) is 0.675. The highest BCUT2D eigenvalue weighted by Crippen LogP contribution is 2.29. The largest absolute Gasteiger partial charge is 0.353 e. The van der Waals surface area contributed by atoms with E-state index in [2.05, 4.69) is 66.8 Å². The summed E-state index contributed by atoms with van der Waals surface area (Å²) >= 11 is 3.60. The lowest BCUT2D eigenvalue weighted by Gasteiger charge is -2.44. The van der Waals surface area contributed by atoms with Gasteiger partial charge in [0.1, 0.15) is 11.6 Å². The van der Waals surface area contributed by atoms with E-state index >= 15 is 0 Å². The molecular formula is C18H19BrN6. The van der Waals surface area contributed by atoms with Gasteiger partial charge in [0.15, 0.2) is 5.65 Å². The second kappa shape index (κ2) is 6.22. The normalized spacial score (nSPS) is 14.6. The Morgan fingerprint density at radius 1 is 1.16 bits per heavy atom. The van der Waals surface area contributed by atoms with Crippen LogP contribution in [0.25, 0.3) is 11.0 Å². The Balaban J connectivity index is 1.55. The molecule has 4 rings (SSSR count). The minimum Gasteiger partial charge on any atom is -0.353 e. The van der Waals surface area contributed by atoms with Gasteiger partial charge < -0.3 is 9.80 Å². The van der Waals surface area contributed by atoms with Crippen molar-refractivity contribution in [3.63, 3.8) is 0 Å². The highest BCUT2D eigenvalue weighted by Gasteiger charge is 2.31. The number of nitrogens with zero attached hydrogens (tertiary/aromatic N) is 6. The number of pyridine rings is 2. The Labute approximate surface area is 155 Å². The van der Waals surface area contributed by atoms with Crippen molar-refractivity contribution in [1.29, 1.82) is 0 Å². The van der Waals surface area contributed by atoms with Crippen molar-refractivity contribution in [2.24, 2.45) is 0 Å². The number of aromatic nitrogens is 4. The van der Waals surface area contributed by atoms with Crippen LogP contribution in [0.5, 0.6) is 0 Å². The molecule has 0 spiro atoms. The first-order chi connectivity index (χ1) is 12.0. The molecule has 6 nitrogen and oxygen atoms in total. The van der Waals surface area contributed by atoms with Crippen LogP contribution < -0.4 is 9.80 Å². The lowest BCUT2D eigenvalue weighted by atomic mass is 10.1. The molecule has 0 atom stereocenters. The molecule has 0 aromatic carbocycles. The van der Waals surface area contributed by atoms with E-state index in [0.29, 0.717) is 6.04 Å². The summed E-state index contributed by atoms with van der Waals surface area (Å²) in [5.74, 6) is 1.88. The molecule has 1 aliphatic heterocycles. The molecule has 3 aromatic heterocycles. The first-order valence-electron chi connectivity index (χ1n) is 8.22. The summed E-state index contributed by atoms with van der Waals surface area (Å²) < 4.78 is 1.06. The van der Waals surface area contributed by atoms with Crippen molar-refractivity contribution in [3.05, 3.63) is 46.5 Å². The minimum atomic E-state index is 0.407. The molecule has 0 N–H and O–H groups in total. The van der Waals surface area contributed by atoms with Crippen molar-refractivity contribution < 1.29 is 0 Å². The van der Waals surface area contributed by atoms with Crippen LogP contribution in [-0.4, -0.2) is 46.1 Å². The van der Waals surface area contributed by atoms with Crippen LogP contribution in [-0.2, 0) is 0 Å². The lowest BCUT2D eigenvalue weighted by molar-refractivity contribution is 0.489. The van der Waals surface area contributed by atoms with E-state index in [0.717, 1.165) is 45.9 Å². The Morgan fingerprint density at radius 3 is 2.68 bits per heavy atom. The molecule has 4 heterocycles.